The Balaban J connectivity index is 1.93. The molecular formula is C15H11BrN2OS. The average molecular weight is 347 g/mol. The summed E-state index contributed by atoms with van der Waals surface area (Å²) in [6, 6.07) is 9.92. The number of ether oxygens (including phenoxy) is 1. The van der Waals surface area contributed by atoms with Crippen LogP contribution in [0.25, 0.3) is 21.8 Å². The zero-order valence-electron chi connectivity index (χ0n) is 10.7. The largest absolute Gasteiger partial charge is 0.497 e. The molecule has 0 aliphatic rings. The van der Waals surface area contributed by atoms with E-state index in [0.717, 1.165) is 32.1 Å². The maximum atomic E-state index is 5.16. The highest BCUT2D eigenvalue weighted by atomic mass is 79.9. The molecule has 0 radical (unpaired) electrons. The number of rotatable bonds is 3. The van der Waals surface area contributed by atoms with Gasteiger partial charge in [-0.05, 0) is 46.3 Å². The minimum Gasteiger partial charge on any atom is -0.497 e. The lowest BCUT2D eigenvalue weighted by Crippen LogP contribution is -1.83. The van der Waals surface area contributed by atoms with Crippen LogP contribution in [0.2, 0.25) is 0 Å². The highest BCUT2D eigenvalue weighted by molar-refractivity contribution is 9.10. The van der Waals surface area contributed by atoms with Gasteiger partial charge < -0.3 is 4.74 Å². The molecule has 0 bridgehead atoms. The summed E-state index contributed by atoms with van der Waals surface area (Å²) in [7, 11) is 1.66. The quantitative estimate of drug-likeness (QED) is 0.692. The van der Waals surface area contributed by atoms with Crippen molar-refractivity contribution in [3.8, 4) is 27.6 Å². The third kappa shape index (κ3) is 2.73. The smallest absolute Gasteiger partial charge is 0.125 e. The molecule has 1 aromatic carbocycles. The number of halogens is 1. The van der Waals surface area contributed by atoms with Crippen molar-refractivity contribution in [3.63, 3.8) is 0 Å². The lowest BCUT2D eigenvalue weighted by Gasteiger charge is -2.00. The Labute approximate surface area is 129 Å². The minimum absolute atomic E-state index is 0.848. The van der Waals surface area contributed by atoms with Crippen LogP contribution in [0.1, 0.15) is 0 Å². The Morgan fingerprint density at radius 3 is 2.60 bits per heavy atom. The molecule has 0 aliphatic heterocycles. The van der Waals surface area contributed by atoms with Gasteiger partial charge in [-0.1, -0.05) is 0 Å². The second-order valence-corrected chi connectivity index (χ2v) is 5.93. The van der Waals surface area contributed by atoms with Gasteiger partial charge >= 0.3 is 0 Å². The van der Waals surface area contributed by atoms with E-state index in [1.165, 1.54) is 0 Å². The molecule has 3 nitrogen and oxygen atoms in total. The molecule has 0 spiro atoms. The Bertz CT molecular complexity index is 725. The first-order valence-electron chi connectivity index (χ1n) is 5.97. The molecule has 20 heavy (non-hydrogen) atoms. The Hall–Kier alpha value is -1.72. The van der Waals surface area contributed by atoms with Crippen LogP contribution in [0.5, 0.6) is 5.75 Å². The van der Waals surface area contributed by atoms with Gasteiger partial charge in [0.2, 0.25) is 0 Å². The van der Waals surface area contributed by atoms with E-state index in [2.05, 4.69) is 31.3 Å². The number of hydrogen-bond acceptors (Lipinski definition) is 4. The van der Waals surface area contributed by atoms with Gasteiger partial charge in [0.15, 0.2) is 0 Å². The molecule has 0 atom stereocenters. The summed E-state index contributed by atoms with van der Waals surface area (Å²) in [5, 5.41) is 3.02. The highest BCUT2D eigenvalue weighted by Gasteiger charge is 2.07. The zero-order chi connectivity index (χ0) is 13.9. The first-order valence-corrected chi connectivity index (χ1v) is 7.64. The molecule has 5 heteroatoms. The predicted molar refractivity (Wildman–Crippen MR) is 85.0 cm³/mol. The van der Waals surface area contributed by atoms with Crippen molar-refractivity contribution in [2.24, 2.45) is 0 Å². The fourth-order valence-corrected chi connectivity index (χ4v) is 3.01. The lowest BCUT2D eigenvalue weighted by atomic mass is 10.2. The Morgan fingerprint density at radius 1 is 1.10 bits per heavy atom. The SMILES string of the molecule is COc1ccc(-c2csc(-c3cncc(Br)c3)n2)cc1. The van der Waals surface area contributed by atoms with Crippen LogP contribution in [-0.2, 0) is 0 Å². The van der Waals surface area contributed by atoms with Gasteiger partial charge in [-0.25, -0.2) is 4.98 Å². The molecule has 0 saturated heterocycles. The summed E-state index contributed by atoms with van der Waals surface area (Å²) in [5.41, 5.74) is 3.06. The first kappa shape index (κ1) is 13.3. The zero-order valence-corrected chi connectivity index (χ0v) is 13.1. The normalized spacial score (nSPS) is 10.5. The Morgan fingerprint density at radius 2 is 1.90 bits per heavy atom. The van der Waals surface area contributed by atoms with Gasteiger partial charge in [0, 0.05) is 33.4 Å². The van der Waals surface area contributed by atoms with E-state index in [9.17, 15) is 0 Å². The van der Waals surface area contributed by atoms with Crippen LogP contribution in [0.3, 0.4) is 0 Å². The van der Waals surface area contributed by atoms with Gasteiger partial charge in [0.05, 0.1) is 12.8 Å². The third-order valence-corrected chi connectivity index (χ3v) is 4.17. The van der Waals surface area contributed by atoms with Crippen molar-refractivity contribution in [1.29, 1.82) is 0 Å². The maximum absolute atomic E-state index is 5.16. The van der Waals surface area contributed by atoms with Crippen molar-refractivity contribution in [1.82, 2.24) is 9.97 Å². The molecule has 2 heterocycles. The first-order chi connectivity index (χ1) is 9.76. The van der Waals surface area contributed by atoms with E-state index in [1.54, 1.807) is 24.6 Å². The highest BCUT2D eigenvalue weighted by Crippen LogP contribution is 2.30. The summed E-state index contributed by atoms with van der Waals surface area (Å²) in [5.74, 6) is 0.848. The van der Waals surface area contributed by atoms with E-state index in [1.807, 2.05) is 36.5 Å². The van der Waals surface area contributed by atoms with Crippen molar-refractivity contribution >= 4 is 27.3 Å². The van der Waals surface area contributed by atoms with Crippen LogP contribution in [0, 0.1) is 0 Å². The molecule has 0 unspecified atom stereocenters. The standard InChI is InChI=1S/C15H11BrN2OS/c1-19-13-4-2-10(3-5-13)14-9-20-15(18-14)11-6-12(16)8-17-7-11/h2-9H,1H3. The molecule has 0 N–H and O–H groups in total. The molecule has 3 rings (SSSR count). The van der Waals surface area contributed by atoms with E-state index in [4.69, 9.17) is 4.74 Å². The minimum atomic E-state index is 0.848. The average Bonchev–Trinajstić information content (AvgIpc) is 2.97. The van der Waals surface area contributed by atoms with Crippen LogP contribution < -0.4 is 4.74 Å². The van der Waals surface area contributed by atoms with Crippen LogP contribution in [0.4, 0.5) is 0 Å². The Kier molecular flexibility index (Phi) is 3.80. The number of benzene rings is 1. The summed E-state index contributed by atoms with van der Waals surface area (Å²) < 4.78 is 6.12. The van der Waals surface area contributed by atoms with Crippen LogP contribution in [-0.4, -0.2) is 17.1 Å². The van der Waals surface area contributed by atoms with Gasteiger partial charge in [-0.2, -0.15) is 0 Å². The van der Waals surface area contributed by atoms with Crippen LogP contribution >= 0.6 is 27.3 Å². The fourth-order valence-electron chi connectivity index (χ4n) is 1.83. The van der Waals surface area contributed by atoms with Crippen molar-refractivity contribution in [3.05, 3.63) is 52.6 Å². The van der Waals surface area contributed by atoms with Gasteiger partial charge in [0.1, 0.15) is 10.8 Å². The molecular weight excluding hydrogens is 336 g/mol. The van der Waals surface area contributed by atoms with Gasteiger partial charge in [-0.15, -0.1) is 11.3 Å². The van der Waals surface area contributed by atoms with Gasteiger partial charge in [-0.3, -0.25) is 4.98 Å². The molecule has 100 valence electrons. The van der Waals surface area contributed by atoms with E-state index < -0.39 is 0 Å². The molecule has 0 amide bonds. The molecule has 0 fully saturated rings. The second-order valence-electron chi connectivity index (χ2n) is 4.16. The monoisotopic (exact) mass is 346 g/mol. The summed E-state index contributed by atoms with van der Waals surface area (Å²) in [6.45, 7) is 0. The predicted octanol–water partition coefficient (Wildman–Crippen LogP) is 4.64. The number of hydrogen-bond donors (Lipinski definition) is 0. The molecule has 0 aliphatic carbocycles. The van der Waals surface area contributed by atoms with Crippen molar-refractivity contribution < 1.29 is 4.74 Å². The third-order valence-electron chi connectivity index (χ3n) is 2.84. The van der Waals surface area contributed by atoms with E-state index >= 15 is 0 Å². The number of nitrogens with zero attached hydrogens (tertiary/aromatic N) is 2. The van der Waals surface area contributed by atoms with Crippen molar-refractivity contribution in [2.45, 2.75) is 0 Å². The maximum Gasteiger partial charge on any atom is 0.125 e. The number of pyridine rings is 1. The number of methoxy groups -OCH3 is 1. The van der Waals surface area contributed by atoms with E-state index in [0.29, 0.717) is 0 Å². The topological polar surface area (TPSA) is 35.0 Å². The molecule has 0 saturated carbocycles. The fraction of sp³-hybridized carbons (Fsp3) is 0.0667. The number of thiazole rings is 1. The summed E-state index contributed by atoms with van der Waals surface area (Å²) in [6.07, 6.45) is 3.59. The van der Waals surface area contributed by atoms with Gasteiger partial charge in [0.25, 0.3) is 0 Å². The van der Waals surface area contributed by atoms with Crippen LogP contribution in [0.15, 0.2) is 52.6 Å². The van der Waals surface area contributed by atoms with Crippen molar-refractivity contribution in [2.75, 3.05) is 7.11 Å². The molecule has 2 aromatic heterocycles. The molecule has 3 aromatic rings. The van der Waals surface area contributed by atoms with E-state index in [-0.39, 0.29) is 0 Å². The summed E-state index contributed by atoms with van der Waals surface area (Å²) >= 11 is 5.04. The lowest BCUT2D eigenvalue weighted by molar-refractivity contribution is 0.415. The second kappa shape index (κ2) is 5.73. The number of aromatic nitrogens is 2. The summed E-state index contributed by atoms with van der Waals surface area (Å²) in [4.78, 5) is 8.83.